The molecule has 0 aliphatic heterocycles. The second-order valence-electron chi connectivity index (χ2n) is 4.67. The molecule has 1 unspecified atom stereocenters. The van der Waals surface area contributed by atoms with Gasteiger partial charge in [0, 0.05) is 11.6 Å². The molecule has 3 heteroatoms. The van der Waals surface area contributed by atoms with Gasteiger partial charge in [-0.3, -0.25) is 0 Å². The van der Waals surface area contributed by atoms with Gasteiger partial charge in [-0.1, -0.05) is 26.7 Å². The van der Waals surface area contributed by atoms with Crippen molar-refractivity contribution < 1.29 is 14.2 Å². The molecular formula is C15H23FO2. The first-order chi connectivity index (χ1) is 8.63. The van der Waals surface area contributed by atoms with E-state index in [1.165, 1.54) is 13.2 Å². The third kappa shape index (κ3) is 3.70. The smallest absolute Gasteiger partial charge is 0.132 e. The maximum atomic E-state index is 13.9. The summed E-state index contributed by atoms with van der Waals surface area (Å²) in [5.74, 6) is 0.216. The van der Waals surface area contributed by atoms with Gasteiger partial charge in [0.05, 0.1) is 13.2 Å². The number of methoxy groups -OCH3 is 1. The highest BCUT2D eigenvalue weighted by Gasteiger charge is 2.22. The van der Waals surface area contributed by atoms with Crippen LogP contribution in [0.25, 0.3) is 0 Å². The maximum Gasteiger partial charge on any atom is 0.132 e. The summed E-state index contributed by atoms with van der Waals surface area (Å²) in [5, 5.41) is 10.3. The molecule has 1 atom stereocenters. The summed E-state index contributed by atoms with van der Waals surface area (Å²) < 4.78 is 18.9. The standard InChI is InChI=1S/C15H23FO2/c1-4-6-11(7-5-2)15(17)13-9-8-12(18-3)10-14(13)16/h8-11,15,17H,4-7H2,1-3H3. The van der Waals surface area contributed by atoms with Crippen LogP contribution in [-0.4, -0.2) is 12.2 Å². The normalized spacial score (nSPS) is 12.8. The van der Waals surface area contributed by atoms with Gasteiger partial charge in [-0.25, -0.2) is 4.39 Å². The van der Waals surface area contributed by atoms with Crippen LogP contribution >= 0.6 is 0 Å². The molecule has 0 aliphatic rings. The first-order valence-corrected chi connectivity index (χ1v) is 6.65. The van der Waals surface area contributed by atoms with Crippen molar-refractivity contribution in [1.82, 2.24) is 0 Å². The molecular weight excluding hydrogens is 231 g/mol. The quantitative estimate of drug-likeness (QED) is 0.794. The predicted octanol–water partition coefficient (Wildman–Crippen LogP) is 4.08. The molecule has 102 valence electrons. The lowest BCUT2D eigenvalue weighted by Gasteiger charge is -2.23. The molecule has 1 N–H and O–H groups in total. The fourth-order valence-corrected chi connectivity index (χ4v) is 2.33. The highest BCUT2D eigenvalue weighted by molar-refractivity contribution is 5.30. The molecule has 0 amide bonds. The van der Waals surface area contributed by atoms with Crippen LogP contribution in [0, 0.1) is 11.7 Å². The molecule has 0 heterocycles. The first-order valence-electron chi connectivity index (χ1n) is 6.65. The number of rotatable bonds is 7. The Morgan fingerprint density at radius 1 is 1.22 bits per heavy atom. The van der Waals surface area contributed by atoms with E-state index in [0.717, 1.165) is 25.7 Å². The highest BCUT2D eigenvalue weighted by atomic mass is 19.1. The van der Waals surface area contributed by atoms with E-state index in [2.05, 4.69) is 13.8 Å². The van der Waals surface area contributed by atoms with Gasteiger partial charge in [0.15, 0.2) is 0 Å². The Morgan fingerprint density at radius 3 is 2.28 bits per heavy atom. The van der Waals surface area contributed by atoms with Gasteiger partial charge in [0.1, 0.15) is 11.6 Å². The first kappa shape index (κ1) is 15.0. The Kier molecular flexibility index (Phi) is 6.13. The van der Waals surface area contributed by atoms with Crippen molar-refractivity contribution in [2.24, 2.45) is 5.92 Å². The molecule has 0 aromatic heterocycles. The Labute approximate surface area is 109 Å². The van der Waals surface area contributed by atoms with E-state index >= 15 is 0 Å². The van der Waals surface area contributed by atoms with Crippen molar-refractivity contribution in [3.05, 3.63) is 29.6 Å². The average molecular weight is 254 g/mol. The number of hydrogen-bond acceptors (Lipinski definition) is 2. The zero-order chi connectivity index (χ0) is 13.5. The minimum atomic E-state index is -0.726. The van der Waals surface area contributed by atoms with Crippen molar-refractivity contribution in [3.8, 4) is 5.75 Å². The average Bonchev–Trinajstić information content (AvgIpc) is 2.37. The fourth-order valence-electron chi connectivity index (χ4n) is 2.33. The highest BCUT2D eigenvalue weighted by Crippen LogP contribution is 2.32. The van der Waals surface area contributed by atoms with Crippen molar-refractivity contribution in [2.45, 2.75) is 45.6 Å². The van der Waals surface area contributed by atoms with Crippen molar-refractivity contribution in [3.63, 3.8) is 0 Å². The van der Waals surface area contributed by atoms with Gasteiger partial charge in [0.2, 0.25) is 0 Å². The van der Waals surface area contributed by atoms with Crippen molar-refractivity contribution >= 4 is 0 Å². The molecule has 0 saturated heterocycles. The molecule has 0 saturated carbocycles. The minimum Gasteiger partial charge on any atom is -0.497 e. The largest absolute Gasteiger partial charge is 0.497 e. The summed E-state index contributed by atoms with van der Waals surface area (Å²) in [4.78, 5) is 0. The van der Waals surface area contributed by atoms with Crippen LogP contribution in [0.3, 0.4) is 0 Å². The van der Waals surface area contributed by atoms with E-state index in [1.54, 1.807) is 12.1 Å². The molecule has 1 aromatic rings. The van der Waals surface area contributed by atoms with E-state index in [-0.39, 0.29) is 11.7 Å². The van der Waals surface area contributed by atoms with E-state index in [9.17, 15) is 9.50 Å². The Morgan fingerprint density at radius 2 is 1.83 bits per heavy atom. The molecule has 2 nitrogen and oxygen atoms in total. The second-order valence-corrected chi connectivity index (χ2v) is 4.67. The van der Waals surface area contributed by atoms with Crippen LogP contribution < -0.4 is 4.74 Å². The Hall–Kier alpha value is -1.09. The third-order valence-corrected chi connectivity index (χ3v) is 3.29. The minimum absolute atomic E-state index is 0.128. The molecule has 0 bridgehead atoms. The van der Waals surface area contributed by atoms with Gasteiger partial charge in [0.25, 0.3) is 0 Å². The Balaban J connectivity index is 2.89. The summed E-state index contributed by atoms with van der Waals surface area (Å²) in [6.07, 6.45) is 3.11. The molecule has 0 aliphatic carbocycles. The molecule has 0 radical (unpaired) electrons. The van der Waals surface area contributed by atoms with E-state index in [1.807, 2.05) is 0 Å². The lowest BCUT2D eigenvalue weighted by Crippen LogP contribution is -2.14. The fraction of sp³-hybridized carbons (Fsp3) is 0.600. The van der Waals surface area contributed by atoms with Crippen LogP contribution in [0.4, 0.5) is 4.39 Å². The molecule has 0 spiro atoms. The number of aliphatic hydroxyl groups is 1. The van der Waals surface area contributed by atoms with Gasteiger partial charge in [-0.15, -0.1) is 0 Å². The monoisotopic (exact) mass is 254 g/mol. The Bertz CT molecular complexity index is 360. The number of aliphatic hydroxyl groups excluding tert-OH is 1. The number of ether oxygens (including phenoxy) is 1. The van der Waals surface area contributed by atoms with E-state index in [0.29, 0.717) is 11.3 Å². The van der Waals surface area contributed by atoms with Crippen LogP contribution in [0.1, 0.15) is 51.2 Å². The van der Waals surface area contributed by atoms with Crippen LogP contribution in [0.2, 0.25) is 0 Å². The van der Waals surface area contributed by atoms with Crippen LogP contribution in [0.5, 0.6) is 5.75 Å². The number of benzene rings is 1. The summed E-state index contributed by atoms with van der Waals surface area (Å²) in [6.45, 7) is 4.17. The van der Waals surface area contributed by atoms with Crippen molar-refractivity contribution in [2.75, 3.05) is 7.11 Å². The lowest BCUT2D eigenvalue weighted by molar-refractivity contribution is 0.0929. The molecule has 0 fully saturated rings. The summed E-state index contributed by atoms with van der Waals surface area (Å²) in [7, 11) is 1.50. The molecule has 1 rings (SSSR count). The summed E-state index contributed by atoms with van der Waals surface area (Å²) in [5.41, 5.74) is 0.378. The third-order valence-electron chi connectivity index (χ3n) is 3.29. The molecule has 1 aromatic carbocycles. The van der Waals surface area contributed by atoms with Gasteiger partial charge >= 0.3 is 0 Å². The SMILES string of the molecule is CCCC(CCC)C(O)c1ccc(OC)cc1F. The lowest BCUT2D eigenvalue weighted by atomic mass is 9.88. The predicted molar refractivity (Wildman–Crippen MR) is 71.2 cm³/mol. The second kappa shape index (κ2) is 7.37. The van der Waals surface area contributed by atoms with Gasteiger partial charge < -0.3 is 9.84 Å². The van der Waals surface area contributed by atoms with E-state index < -0.39 is 6.10 Å². The van der Waals surface area contributed by atoms with Crippen LogP contribution in [-0.2, 0) is 0 Å². The van der Waals surface area contributed by atoms with Crippen LogP contribution in [0.15, 0.2) is 18.2 Å². The topological polar surface area (TPSA) is 29.5 Å². The summed E-state index contributed by atoms with van der Waals surface area (Å²) in [6, 6.07) is 4.64. The van der Waals surface area contributed by atoms with E-state index in [4.69, 9.17) is 4.74 Å². The zero-order valence-electron chi connectivity index (χ0n) is 11.4. The van der Waals surface area contributed by atoms with Gasteiger partial charge in [-0.2, -0.15) is 0 Å². The maximum absolute atomic E-state index is 13.9. The van der Waals surface area contributed by atoms with Gasteiger partial charge in [-0.05, 0) is 30.9 Å². The molecule has 18 heavy (non-hydrogen) atoms. The number of hydrogen-bond donors (Lipinski definition) is 1. The number of halogens is 1. The zero-order valence-corrected chi connectivity index (χ0v) is 11.4. The summed E-state index contributed by atoms with van der Waals surface area (Å²) >= 11 is 0. The van der Waals surface area contributed by atoms with Crippen molar-refractivity contribution in [1.29, 1.82) is 0 Å².